The van der Waals surface area contributed by atoms with Crippen LogP contribution < -0.4 is 4.74 Å². The van der Waals surface area contributed by atoms with E-state index in [0.29, 0.717) is 5.92 Å². The standard InChI is InChI=1S/C20H26ClNO/c21-15-17-7-3-4-12-22(16-17)13-6-14-23-20-11-5-9-18-8-1-2-10-19(18)20/h1-2,5,8-11,17H,3-4,6-7,12-16H2. The molecule has 1 heterocycles. The van der Waals surface area contributed by atoms with Gasteiger partial charge in [-0.05, 0) is 43.2 Å². The van der Waals surface area contributed by atoms with E-state index in [1.807, 2.05) is 0 Å². The molecule has 0 aliphatic carbocycles. The lowest BCUT2D eigenvalue weighted by Crippen LogP contribution is -2.30. The molecule has 0 spiro atoms. The molecule has 1 aliphatic heterocycles. The first kappa shape index (κ1) is 16.6. The minimum absolute atomic E-state index is 0.665. The van der Waals surface area contributed by atoms with Crippen LogP contribution in [0, 0.1) is 5.92 Å². The van der Waals surface area contributed by atoms with Gasteiger partial charge < -0.3 is 9.64 Å². The minimum atomic E-state index is 0.665. The van der Waals surface area contributed by atoms with Crippen molar-refractivity contribution < 1.29 is 4.74 Å². The molecule has 0 amide bonds. The number of hydrogen-bond donors (Lipinski definition) is 0. The first-order valence-electron chi connectivity index (χ1n) is 8.75. The monoisotopic (exact) mass is 331 g/mol. The molecule has 0 bridgehead atoms. The van der Waals surface area contributed by atoms with Crippen molar-refractivity contribution in [2.45, 2.75) is 25.7 Å². The summed E-state index contributed by atoms with van der Waals surface area (Å²) in [5.41, 5.74) is 0. The molecule has 23 heavy (non-hydrogen) atoms. The van der Waals surface area contributed by atoms with Gasteiger partial charge in [0.1, 0.15) is 5.75 Å². The highest BCUT2D eigenvalue weighted by molar-refractivity contribution is 6.18. The van der Waals surface area contributed by atoms with Crippen LogP contribution in [0.5, 0.6) is 5.75 Å². The molecule has 1 fully saturated rings. The molecule has 1 atom stereocenters. The van der Waals surface area contributed by atoms with E-state index >= 15 is 0 Å². The SMILES string of the molecule is ClCC1CCCCN(CCCOc2cccc3ccccc23)C1. The van der Waals surface area contributed by atoms with Crippen molar-refractivity contribution in [2.24, 2.45) is 5.92 Å². The molecule has 124 valence electrons. The Balaban J connectivity index is 1.49. The molecule has 2 nitrogen and oxygen atoms in total. The molecule has 3 heteroatoms. The third-order valence-corrected chi connectivity index (χ3v) is 5.13. The predicted octanol–water partition coefficient (Wildman–Crippen LogP) is 4.95. The normalized spacial score (nSPS) is 19.6. The van der Waals surface area contributed by atoms with Crippen LogP contribution in [0.2, 0.25) is 0 Å². The van der Waals surface area contributed by atoms with Gasteiger partial charge in [0.15, 0.2) is 0 Å². The van der Waals surface area contributed by atoms with Crippen molar-refractivity contribution in [3.05, 3.63) is 42.5 Å². The van der Waals surface area contributed by atoms with Crippen LogP contribution in [-0.4, -0.2) is 37.0 Å². The highest BCUT2D eigenvalue weighted by Crippen LogP contribution is 2.25. The molecule has 2 aromatic carbocycles. The lowest BCUT2D eigenvalue weighted by molar-refractivity contribution is 0.225. The number of ether oxygens (including phenoxy) is 1. The predicted molar refractivity (Wildman–Crippen MR) is 98.6 cm³/mol. The van der Waals surface area contributed by atoms with E-state index in [2.05, 4.69) is 47.4 Å². The lowest BCUT2D eigenvalue weighted by atomic mass is 10.1. The molecular formula is C20H26ClNO. The molecule has 0 N–H and O–H groups in total. The summed E-state index contributed by atoms with van der Waals surface area (Å²) in [5, 5.41) is 2.44. The van der Waals surface area contributed by atoms with E-state index in [-0.39, 0.29) is 0 Å². The Labute approximate surface area is 144 Å². The fraction of sp³-hybridized carbons (Fsp3) is 0.500. The van der Waals surface area contributed by atoms with E-state index in [1.165, 1.54) is 36.6 Å². The van der Waals surface area contributed by atoms with Gasteiger partial charge >= 0.3 is 0 Å². The molecule has 0 aromatic heterocycles. The summed E-state index contributed by atoms with van der Waals surface area (Å²) in [4.78, 5) is 2.56. The second kappa shape index (κ2) is 8.56. The van der Waals surface area contributed by atoms with Gasteiger partial charge in [0.2, 0.25) is 0 Å². The van der Waals surface area contributed by atoms with Gasteiger partial charge in [-0.1, -0.05) is 42.8 Å². The molecule has 0 radical (unpaired) electrons. The summed E-state index contributed by atoms with van der Waals surface area (Å²) in [6, 6.07) is 14.7. The zero-order valence-electron chi connectivity index (χ0n) is 13.7. The van der Waals surface area contributed by atoms with Crippen LogP contribution in [0.15, 0.2) is 42.5 Å². The van der Waals surface area contributed by atoms with Crippen molar-refractivity contribution in [1.29, 1.82) is 0 Å². The van der Waals surface area contributed by atoms with Crippen molar-refractivity contribution in [1.82, 2.24) is 4.90 Å². The Morgan fingerprint density at radius 3 is 2.87 bits per heavy atom. The number of rotatable bonds is 6. The summed E-state index contributed by atoms with van der Waals surface area (Å²) >= 11 is 6.06. The topological polar surface area (TPSA) is 12.5 Å². The Bertz CT molecular complexity index is 610. The Morgan fingerprint density at radius 2 is 1.96 bits per heavy atom. The zero-order valence-corrected chi connectivity index (χ0v) is 14.5. The third-order valence-electron chi connectivity index (χ3n) is 4.70. The van der Waals surface area contributed by atoms with Gasteiger partial charge in [0.05, 0.1) is 6.61 Å². The van der Waals surface area contributed by atoms with Gasteiger partial charge in [-0.15, -0.1) is 11.6 Å². The van der Waals surface area contributed by atoms with Gasteiger partial charge in [-0.25, -0.2) is 0 Å². The number of fused-ring (bicyclic) bond motifs is 1. The van der Waals surface area contributed by atoms with Gasteiger partial charge in [-0.2, -0.15) is 0 Å². The molecule has 3 rings (SSSR count). The molecular weight excluding hydrogens is 306 g/mol. The summed E-state index contributed by atoms with van der Waals surface area (Å²) < 4.78 is 6.04. The zero-order chi connectivity index (χ0) is 15.9. The largest absolute Gasteiger partial charge is 0.493 e. The van der Waals surface area contributed by atoms with E-state index in [1.54, 1.807) is 0 Å². The highest BCUT2D eigenvalue weighted by atomic mass is 35.5. The van der Waals surface area contributed by atoms with Crippen LogP contribution in [0.3, 0.4) is 0 Å². The van der Waals surface area contributed by atoms with Crippen LogP contribution in [0.1, 0.15) is 25.7 Å². The number of nitrogens with zero attached hydrogens (tertiary/aromatic N) is 1. The van der Waals surface area contributed by atoms with E-state index in [0.717, 1.165) is 37.7 Å². The smallest absolute Gasteiger partial charge is 0.127 e. The van der Waals surface area contributed by atoms with Crippen LogP contribution >= 0.6 is 11.6 Å². The minimum Gasteiger partial charge on any atom is -0.493 e. The maximum Gasteiger partial charge on any atom is 0.127 e. The summed E-state index contributed by atoms with van der Waals surface area (Å²) in [6.07, 6.45) is 4.97. The molecule has 0 saturated carbocycles. The molecule has 1 aliphatic rings. The van der Waals surface area contributed by atoms with Crippen molar-refractivity contribution in [3.8, 4) is 5.75 Å². The van der Waals surface area contributed by atoms with Crippen LogP contribution in [-0.2, 0) is 0 Å². The lowest BCUT2D eigenvalue weighted by Gasteiger charge is -2.23. The maximum atomic E-state index is 6.06. The van der Waals surface area contributed by atoms with Gasteiger partial charge in [0.25, 0.3) is 0 Å². The molecule has 1 saturated heterocycles. The Morgan fingerprint density at radius 1 is 1.09 bits per heavy atom. The Kier molecular flexibility index (Phi) is 6.18. The van der Waals surface area contributed by atoms with E-state index < -0.39 is 0 Å². The highest BCUT2D eigenvalue weighted by Gasteiger charge is 2.16. The fourth-order valence-electron chi connectivity index (χ4n) is 3.44. The number of hydrogen-bond acceptors (Lipinski definition) is 2. The number of alkyl halides is 1. The van der Waals surface area contributed by atoms with E-state index in [4.69, 9.17) is 16.3 Å². The quantitative estimate of drug-likeness (QED) is 0.548. The van der Waals surface area contributed by atoms with Crippen LogP contribution in [0.25, 0.3) is 10.8 Å². The Hall–Kier alpha value is -1.25. The average Bonchev–Trinajstić information content (AvgIpc) is 2.84. The second-order valence-corrected chi connectivity index (χ2v) is 6.80. The van der Waals surface area contributed by atoms with E-state index in [9.17, 15) is 0 Å². The average molecular weight is 332 g/mol. The summed E-state index contributed by atoms with van der Waals surface area (Å²) in [5.74, 6) is 2.46. The first-order chi connectivity index (χ1) is 11.4. The summed E-state index contributed by atoms with van der Waals surface area (Å²) in [7, 11) is 0. The second-order valence-electron chi connectivity index (χ2n) is 6.50. The van der Waals surface area contributed by atoms with Gasteiger partial charge in [0, 0.05) is 24.4 Å². The fourth-order valence-corrected chi connectivity index (χ4v) is 3.69. The van der Waals surface area contributed by atoms with Crippen molar-refractivity contribution in [3.63, 3.8) is 0 Å². The number of halogens is 1. The molecule has 2 aromatic rings. The number of likely N-dealkylation sites (tertiary alicyclic amines) is 1. The van der Waals surface area contributed by atoms with Crippen molar-refractivity contribution >= 4 is 22.4 Å². The van der Waals surface area contributed by atoms with Crippen molar-refractivity contribution in [2.75, 3.05) is 32.1 Å². The van der Waals surface area contributed by atoms with Crippen LogP contribution in [0.4, 0.5) is 0 Å². The number of benzene rings is 2. The maximum absolute atomic E-state index is 6.06. The third kappa shape index (κ3) is 4.62. The summed E-state index contributed by atoms with van der Waals surface area (Å²) in [6.45, 7) is 4.24. The first-order valence-corrected chi connectivity index (χ1v) is 9.29. The van der Waals surface area contributed by atoms with Gasteiger partial charge in [-0.3, -0.25) is 0 Å². The molecule has 1 unspecified atom stereocenters.